The smallest absolute Gasteiger partial charge is 0.262 e. The zero-order chi connectivity index (χ0) is 25.4. The van der Waals surface area contributed by atoms with Crippen LogP contribution in [0.15, 0.2) is 59.7 Å². The molecule has 0 bridgehead atoms. The fourth-order valence-electron chi connectivity index (χ4n) is 3.49. The second-order valence-corrected chi connectivity index (χ2v) is 9.27. The summed E-state index contributed by atoms with van der Waals surface area (Å²) in [4.78, 5) is 25.6. The van der Waals surface area contributed by atoms with Gasteiger partial charge in [-0.25, -0.2) is 5.43 Å². The largest absolute Gasteiger partial charge is 0.493 e. The third-order valence-corrected chi connectivity index (χ3v) is 6.21. The van der Waals surface area contributed by atoms with Gasteiger partial charge in [0.2, 0.25) is 0 Å². The van der Waals surface area contributed by atoms with Crippen molar-refractivity contribution in [2.45, 2.75) is 39.7 Å². The van der Waals surface area contributed by atoms with Crippen LogP contribution >= 0.6 is 23.2 Å². The molecule has 0 aromatic heterocycles. The maximum Gasteiger partial charge on any atom is 0.262 e. The van der Waals surface area contributed by atoms with Gasteiger partial charge in [0.05, 0.1) is 22.9 Å². The van der Waals surface area contributed by atoms with Crippen LogP contribution in [0.4, 0.5) is 0 Å². The minimum Gasteiger partial charge on any atom is -0.493 e. The molecule has 8 heteroatoms. The van der Waals surface area contributed by atoms with E-state index in [2.05, 4.69) is 22.8 Å². The average Bonchev–Trinajstić information content (AvgIpc) is 2.84. The van der Waals surface area contributed by atoms with E-state index in [4.69, 9.17) is 27.9 Å². The van der Waals surface area contributed by atoms with Gasteiger partial charge in [0.1, 0.15) is 11.8 Å². The molecule has 0 spiro atoms. The van der Waals surface area contributed by atoms with Crippen molar-refractivity contribution in [3.05, 3.63) is 75.8 Å². The monoisotopic (exact) mass is 513 g/mol. The van der Waals surface area contributed by atoms with Crippen molar-refractivity contribution in [1.29, 1.82) is 0 Å². The minimum absolute atomic E-state index is 0.178. The summed E-state index contributed by atoms with van der Waals surface area (Å²) in [5.41, 5.74) is 3.65. The van der Waals surface area contributed by atoms with Gasteiger partial charge >= 0.3 is 0 Å². The second-order valence-electron chi connectivity index (χ2n) is 8.46. The van der Waals surface area contributed by atoms with Crippen LogP contribution < -0.4 is 15.5 Å². The molecule has 0 aliphatic rings. The Morgan fingerprint density at radius 3 is 2.54 bits per heavy atom. The molecule has 184 valence electrons. The molecule has 0 radical (unpaired) electrons. The van der Waals surface area contributed by atoms with Crippen LogP contribution in [0, 0.1) is 5.92 Å². The van der Waals surface area contributed by atoms with Gasteiger partial charge in [0, 0.05) is 11.1 Å². The number of rotatable bonds is 10. The van der Waals surface area contributed by atoms with Crippen molar-refractivity contribution in [3.63, 3.8) is 0 Å². The first-order valence-corrected chi connectivity index (χ1v) is 12.3. The van der Waals surface area contributed by atoms with E-state index in [-0.39, 0.29) is 10.9 Å². The van der Waals surface area contributed by atoms with E-state index in [1.165, 1.54) is 12.1 Å². The van der Waals surface area contributed by atoms with Crippen LogP contribution in [0.5, 0.6) is 5.75 Å². The number of nitrogens with zero attached hydrogens (tertiary/aromatic N) is 1. The van der Waals surface area contributed by atoms with Crippen molar-refractivity contribution in [2.75, 3.05) is 6.61 Å². The molecule has 3 aromatic rings. The summed E-state index contributed by atoms with van der Waals surface area (Å²) < 4.78 is 5.97. The van der Waals surface area contributed by atoms with Gasteiger partial charge in [0.15, 0.2) is 0 Å². The molecule has 35 heavy (non-hydrogen) atoms. The highest BCUT2D eigenvalue weighted by Crippen LogP contribution is 2.27. The molecule has 0 saturated heterocycles. The number of hydrazone groups is 1. The maximum atomic E-state index is 12.9. The zero-order valence-electron chi connectivity index (χ0n) is 20.0. The molecule has 3 aromatic carbocycles. The lowest BCUT2D eigenvalue weighted by molar-refractivity contribution is -0.123. The predicted octanol–water partition coefficient (Wildman–Crippen LogP) is 6.23. The number of amides is 2. The Hall–Kier alpha value is -3.09. The number of unbranched alkanes of at least 4 members (excludes halogenated alkanes) is 1. The van der Waals surface area contributed by atoms with Crippen LogP contribution in [-0.2, 0) is 4.79 Å². The van der Waals surface area contributed by atoms with Crippen LogP contribution in [0.25, 0.3) is 10.8 Å². The van der Waals surface area contributed by atoms with Gasteiger partial charge in [-0.15, -0.1) is 0 Å². The van der Waals surface area contributed by atoms with Crippen molar-refractivity contribution >= 4 is 52.0 Å². The first-order chi connectivity index (χ1) is 16.8. The Bertz CT molecular complexity index is 1230. The fourth-order valence-corrected chi connectivity index (χ4v) is 3.79. The Morgan fingerprint density at radius 2 is 1.83 bits per heavy atom. The van der Waals surface area contributed by atoms with E-state index in [0.717, 1.165) is 29.2 Å². The third kappa shape index (κ3) is 6.96. The van der Waals surface area contributed by atoms with E-state index >= 15 is 0 Å². The van der Waals surface area contributed by atoms with Crippen molar-refractivity contribution in [1.82, 2.24) is 10.7 Å². The van der Waals surface area contributed by atoms with E-state index in [0.29, 0.717) is 22.9 Å². The Kier molecular flexibility index (Phi) is 9.52. The summed E-state index contributed by atoms with van der Waals surface area (Å²) in [6, 6.07) is 15.6. The Morgan fingerprint density at radius 1 is 1.06 bits per heavy atom. The number of halogens is 2. The molecule has 0 saturated carbocycles. The normalized spacial score (nSPS) is 12.2. The predicted molar refractivity (Wildman–Crippen MR) is 143 cm³/mol. The Labute approximate surface area is 215 Å². The lowest BCUT2D eigenvalue weighted by atomic mass is 10.0. The highest BCUT2D eigenvalue weighted by Gasteiger charge is 2.25. The van der Waals surface area contributed by atoms with Crippen molar-refractivity contribution in [2.24, 2.45) is 11.0 Å². The number of hydrogen-bond donors (Lipinski definition) is 2. The second kappa shape index (κ2) is 12.6. The molecule has 1 atom stereocenters. The van der Waals surface area contributed by atoms with E-state index in [1.54, 1.807) is 12.3 Å². The highest BCUT2D eigenvalue weighted by molar-refractivity contribution is 6.42. The average molecular weight is 514 g/mol. The number of nitrogens with one attached hydrogen (secondary N) is 2. The van der Waals surface area contributed by atoms with E-state index in [1.807, 2.05) is 50.2 Å². The fraction of sp³-hybridized carbons (Fsp3) is 0.296. The summed E-state index contributed by atoms with van der Waals surface area (Å²) >= 11 is 11.9. The molecule has 0 heterocycles. The summed E-state index contributed by atoms with van der Waals surface area (Å²) in [7, 11) is 0. The molecule has 0 aliphatic heterocycles. The number of carbonyl (C=O) groups excluding carboxylic acids is 2. The van der Waals surface area contributed by atoms with E-state index in [9.17, 15) is 9.59 Å². The minimum atomic E-state index is -0.804. The summed E-state index contributed by atoms with van der Waals surface area (Å²) in [5, 5.41) is 9.57. The van der Waals surface area contributed by atoms with Gasteiger partial charge in [-0.1, -0.05) is 80.7 Å². The molecule has 2 amide bonds. The highest BCUT2D eigenvalue weighted by atomic mass is 35.5. The molecule has 3 rings (SSSR count). The molecular formula is C27H29Cl2N3O3. The first kappa shape index (κ1) is 26.5. The zero-order valence-corrected chi connectivity index (χ0v) is 21.5. The summed E-state index contributed by atoms with van der Waals surface area (Å²) in [5.74, 6) is -0.341. The summed E-state index contributed by atoms with van der Waals surface area (Å²) in [6.45, 7) is 6.38. The van der Waals surface area contributed by atoms with Crippen LogP contribution in [0.2, 0.25) is 10.0 Å². The molecule has 6 nitrogen and oxygen atoms in total. The third-order valence-electron chi connectivity index (χ3n) is 5.47. The van der Waals surface area contributed by atoms with E-state index < -0.39 is 17.9 Å². The number of benzene rings is 3. The van der Waals surface area contributed by atoms with Gasteiger partial charge < -0.3 is 10.1 Å². The molecule has 2 N–H and O–H groups in total. The van der Waals surface area contributed by atoms with Gasteiger partial charge in [0.25, 0.3) is 11.8 Å². The van der Waals surface area contributed by atoms with Crippen molar-refractivity contribution in [3.8, 4) is 5.75 Å². The van der Waals surface area contributed by atoms with Gasteiger partial charge in [-0.3, -0.25) is 9.59 Å². The van der Waals surface area contributed by atoms with Crippen molar-refractivity contribution < 1.29 is 14.3 Å². The van der Waals surface area contributed by atoms with Crippen LogP contribution in [0.3, 0.4) is 0 Å². The quantitative estimate of drug-likeness (QED) is 0.191. The van der Waals surface area contributed by atoms with Gasteiger partial charge in [-0.05, 0) is 47.4 Å². The maximum absolute atomic E-state index is 12.9. The number of ether oxygens (including phenoxy) is 1. The van der Waals surface area contributed by atoms with Crippen LogP contribution in [-0.4, -0.2) is 30.7 Å². The number of hydrogen-bond acceptors (Lipinski definition) is 4. The molecule has 1 unspecified atom stereocenters. The number of carbonyl (C=O) groups is 2. The lowest BCUT2D eigenvalue weighted by Crippen LogP contribution is -2.48. The topological polar surface area (TPSA) is 79.8 Å². The van der Waals surface area contributed by atoms with Gasteiger partial charge in [-0.2, -0.15) is 5.10 Å². The number of fused-ring (bicyclic) bond motifs is 1. The molecule has 0 fully saturated rings. The SMILES string of the molecule is CCCCOc1ccc2ccccc2c1/C=N/NC(=O)C(NC(=O)c1ccc(Cl)c(Cl)c1)C(C)C. The molecular weight excluding hydrogens is 485 g/mol. The lowest BCUT2D eigenvalue weighted by Gasteiger charge is -2.20. The first-order valence-electron chi connectivity index (χ1n) is 11.5. The van der Waals surface area contributed by atoms with Crippen LogP contribution in [0.1, 0.15) is 49.5 Å². The standard InChI is InChI=1S/C27H29Cl2N3O3/c1-4-5-14-35-24-13-11-18-8-6-7-9-20(18)21(24)16-30-32-27(34)25(17(2)3)31-26(33)19-10-12-22(28)23(29)15-19/h6-13,15-17,25H,4-5,14H2,1-3H3,(H,31,33)(H,32,34)/b30-16+. The Balaban J connectivity index is 1.76. The molecule has 0 aliphatic carbocycles. The summed E-state index contributed by atoms with van der Waals surface area (Å²) in [6.07, 6.45) is 3.55.